The molecule has 0 unspecified atom stereocenters. The predicted molar refractivity (Wildman–Crippen MR) is 79.0 cm³/mol. The zero-order valence-electron chi connectivity index (χ0n) is 12.0. The van der Waals surface area contributed by atoms with Crippen molar-refractivity contribution in [3.63, 3.8) is 0 Å². The minimum Gasteiger partial charge on any atom is -0.368 e. The first-order valence-corrected chi connectivity index (χ1v) is 7.45. The molecule has 0 spiro atoms. The lowest BCUT2D eigenvalue weighted by atomic mass is 9.67. The van der Waals surface area contributed by atoms with Gasteiger partial charge in [0.25, 0.3) is 0 Å². The topological polar surface area (TPSA) is 89.4 Å². The SMILES string of the molecule is NCC1(C(=O)N2Cc3ccccc3C[C@H]2C(N)=O)CCC1. The first-order chi connectivity index (χ1) is 10.1. The summed E-state index contributed by atoms with van der Waals surface area (Å²) in [5.41, 5.74) is 13.1. The molecule has 112 valence electrons. The highest BCUT2D eigenvalue weighted by molar-refractivity contribution is 5.90. The van der Waals surface area contributed by atoms with Crippen LogP contribution in [0.3, 0.4) is 0 Å². The summed E-state index contributed by atoms with van der Waals surface area (Å²) in [6.45, 7) is 0.791. The van der Waals surface area contributed by atoms with Gasteiger partial charge in [0.15, 0.2) is 0 Å². The molecule has 1 saturated carbocycles. The summed E-state index contributed by atoms with van der Waals surface area (Å²) >= 11 is 0. The van der Waals surface area contributed by atoms with Gasteiger partial charge in [0.1, 0.15) is 6.04 Å². The van der Waals surface area contributed by atoms with E-state index in [4.69, 9.17) is 11.5 Å². The van der Waals surface area contributed by atoms with Crippen LogP contribution in [0.4, 0.5) is 0 Å². The summed E-state index contributed by atoms with van der Waals surface area (Å²) in [4.78, 5) is 26.3. The van der Waals surface area contributed by atoms with Crippen LogP contribution in [0.15, 0.2) is 24.3 Å². The maximum Gasteiger partial charge on any atom is 0.240 e. The Bertz CT molecular complexity index is 575. The molecule has 1 aromatic rings. The molecule has 1 atom stereocenters. The Morgan fingerprint density at radius 1 is 1.24 bits per heavy atom. The van der Waals surface area contributed by atoms with E-state index in [1.807, 2.05) is 24.3 Å². The smallest absolute Gasteiger partial charge is 0.240 e. The number of hydrogen-bond acceptors (Lipinski definition) is 3. The van der Waals surface area contributed by atoms with Gasteiger partial charge in [-0.1, -0.05) is 30.7 Å². The molecule has 0 saturated heterocycles. The van der Waals surface area contributed by atoms with E-state index in [1.165, 1.54) is 0 Å². The Balaban J connectivity index is 1.92. The minimum atomic E-state index is -0.559. The second-order valence-corrected chi connectivity index (χ2v) is 6.16. The number of rotatable bonds is 3. The standard InChI is InChI=1S/C16H21N3O2/c17-10-16(6-3-7-16)15(21)19-9-12-5-2-1-4-11(12)8-13(19)14(18)20/h1-2,4-5,13H,3,6-10,17H2,(H2,18,20)/t13-/m0/s1. The highest BCUT2D eigenvalue weighted by atomic mass is 16.2. The number of hydrogen-bond donors (Lipinski definition) is 2. The summed E-state index contributed by atoms with van der Waals surface area (Å²) in [7, 11) is 0. The van der Waals surface area contributed by atoms with Crippen LogP contribution in [-0.4, -0.2) is 29.3 Å². The first-order valence-electron chi connectivity index (χ1n) is 7.45. The molecule has 21 heavy (non-hydrogen) atoms. The lowest BCUT2D eigenvalue weighted by Gasteiger charge is -2.46. The van der Waals surface area contributed by atoms with Crippen LogP contribution in [-0.2, 0) is 22.6 Å². The van der Waals surface area contributed by atoms with E-state index in [1.54, 1.807) is 4.90 Å². The molecule has 4 N–H and O–H groups in total. The van der Waals surface area contributed by atoms with Crippen molar-refractivity contribution >= 4 is 11.8 Å². The molecular formula is C16H21N3O2. The molecule has 2 aliphatic rings. The Hall–Kier alpha value is -1.88. The van der Waals surface area contributed by atoms with Crippen molar-refractivity contribution in [2.45, 2.75) is 38.3 Å². The molecule has 5 heteroatoms. The normalized spacial score (nSPS) is 23.1. The van der Waals surface area contributed by atoms with E-state index in [9.17, 15) is 9.59 Å². The number of carbonyl (C=O) groups is 2. The number of primary amides is 1. The van der Waals surface area contributed by atoms with Gasteiger partial charge in [0, 0.05) is 19.5 Å². The summed E-state index contributed by atoms with van der Waals surface area (Å²) in [5, 5.41) is 0. The molecule has 0 radical (unpaired) electrons. The van der Waals surface area contributed by atoms with Crippen LogP contribution < -0.4 is 11.5 Å². The van der Waals surface area contributed by atoms with E-state index in [0.29, 0.717) is 19.5 Å². The second-order valence-electron chi connectivity index (χ2n) is 6.16. The minimum absolute atomic E-state index is 0.00504. The van der Waals surface area contributed by atoms with E-state index in [-0.39, 0.29) is 5.91 Å². The fourth-order valence-electron chi connectivity index (χ4n) is 3.40. The maximum atomic E-state index is 12.9. The van der Waals surface area contributed by atoms with Crippen molar-refractivity contribution in [1.82, 2.24) is 4.90 Å². The lowest BCUT2D eigenvalue weighted by Crippen LogP contribution is -2.58. The van der Waals surface area contributed by atoms with E-state index in [2.05, 4.69) is 0 Å². The third-order valence-electron chi connectivity index (χ3n) is 4.99. The zero-order chi connectivity index (χ0) is 15.0. The van der Waals surface area contributed by atoms with Crippen molar-refractivity contribution in [2.75, 3.05) is 6.54 Å². The van der Waals surface area contributed by atoms with Crippen molar-refractivity contribution in [3.05, 3.63) is 35.4 Å². The number of benzene rings is 1. The Labute approximate surface area is 124 Å². The van der Waals surface area contributed by atoms with E-state index < -0.39 is 17.4 Å². The average Bonchev–Trinajstić information content (AvgIpc) is 2.45. The number of nitrogens with zero attached hydrogens (tertiary/aromatic N) is 1. The van der Waals surface area contributed by atoms with Crippen molar-refractivity contribution in [3.8, 4) is 0 Å². The highest BCUT2D eigenvalue weighted by Gasteiger charge is 2.48. The van der Waals surface area contributed by atoms with Crippen LogP contribution in [0.2, 0.25) is 0 Å². The van der Waals surface area contributed by atoms with Crippen LogP contribution in [0, 0.1) is 5.41 Å². The number of amides is 2. The van der Waals surface area contributed by atoms with Gasteiger partial charge in [-0.2, -0.15) is 0 Å². The van der Waals surface area contributed by atoms with E-state index >= 15 is 0 Å². The molecule has 0 aromatic heterocycles. The fourth-order valence-corrected chi connectivity index (χ4v) is 3.40. The first kappa shape index (κ1) is 14.1. The highest BCUT2D eigenvalue weighted by Crippen LogP contribution is 2.43. The fraction of sp³-hybridized carbons (Fsp3) is 0.500. The predicted octanol–water partition coefficient (Wildman–Crippen LogP) is 0.554. The van der Waals surface area contributed by atoms with Crippen molar-refractivity contribution in [1.29, 1.82) is 0 Å². The number of carbonyl (C=O) groups excluding carboxylic acids is 2. The van der Waals surface area contributed by atoms with Gasteiger partial charge >= 0.3 is 0 Å². The van der Waals surface area contributed by atoms with E-state index in [0.717, 1.165) is 30.4 Å². The molecule has 0 bridgehead atoms. The third kappa shape index (κ3) is 2.21. The second kappa shape index (κ2) is 5.15. The van der Waals surface area contributed by atoms with Gasteiger partial charge in [0.05, 0.1) is 5.41 Å². The van der Waals surface area contributed by atoms with Gasteiger partial charge in [0.2, 0.25) is 11.8 Å². The molecule has 2 amide bonds. The van der Waals surface area contributed by atoms with Gasteiger partial charge in [-0.15, -0.1) is 0 Å². The Kier molecular flexibility index (Phi) is 3.45. The van der Waals surface area contributed by atoms with Gasteiger partial charge in [-0.3, -0.25) is 9.59 Å². The van der Waals surface area contributed by atoms with Crippen LogP contribution in [0.1, 0.15) is 30.4 Å². The molecule has 1 aromatic carbocycles. The monoisotopic (exact) mass is 287 g/mol. The molecule has 5 nitrogen and oxygen atoms in total. The summed E-state index contributed by atoms with van der Waals surface area (Å²) in [5.74, 6) is -0.445. The molecule has 1 heterocycles. The average molecular weight is 287 g/mol. The quantitative estimate of drug-likeness (QED) is 0.851. The van der Waals surface area contributed by atoms with Crippen molar-refractivity contribution < 1.29 is 9.59 Å². The molecule has 3 rings (SSSR count). The Morgan fingerprint density at radius 2 is 1.90 bits per heavy atom. The van der Waals surface area contributed by atoms with Crippen LogP contribution in [0.25, 0.3) is 0 Å². The summed E-state index contributed by atoms with van der Waals surface area (Å²) in [6, 6.07) is 7.34. The Morgan fingerprint density at radius 3 is 2.43 bits per heavy atom. The largest absolute Gasteiger partial charge is 0.368 e. The number of nitrogens with two attached hydrogens (primary N) is 2. The van der Waals surface area contributed by atoms with Gasteiger partial charge < -0.3 is 16.4 Å². The molecule has 1 fully saturated rings. The zero-order valence-corrected chi connectivity index (χ0v) is 12.0. The lowest BCUT2D eigenvalue weighted by molar-refractivity contribution is -0.153. The van der Waals surface area contributed by atoms with Crippen molar-refractivity contribution in [2.24, 2.45) is 16.9 Å². The van der Waals surface area contributed by atoms with Crippen LogP contribution >= 0.6 is 0 Å². The molecular weight excluding hydrogens is 266 g/mol. The maximum absolute atomic E-state index is 12.9. The molecule has 1 aliphatic carbocycles. The van der Waals surface area contributed by atoms with Gasteiger partial charge in [-0.25, -0.2) is 0 Å². The van der Waals surface area contributed by atoms with Gasteiger partial charge in [-0.05, 0) is 24.0 Å². The number of fused-ring (bicyclic) bond motifs is 1. The summed E-state index contributed by atoms with van der Waals surface area (Å²) < 4.78 is 0. The van der Waals surface area contributed by atoms with Crippen LogP contribution in [0.5, 0.6) is 0 Å². The third-order valence-corrected chi connectivity index (χ3v) is 4.99. The summed E-state index contributed by atoms with van der Waals surface area (Å²) in [6.07, 6.45) is 3.14. The molecule has 1 aliphatic heterocycles.